The first-order chi connectivity index (χ1) is 13.0. The van der Waals surface area contributed by atoms with Crippen LogP contribution in [0, 0.1) is 6.92 Å². The Morgan fingerprint density at radius 3 is 2.22 bits per heavy atom. The molecule has 0 bridgehead atoms. The van der Waals surface area contributed by atoms with Crippen LogP contribution in [0.5, 0.6) is 11.5 Å². The molecule has 0 radical (unpaired) electrons. The fourth-order valence-electron chi connectivity index (χ4n) is 2.48. The van der Waals surface area contributed by atoms with E-state index in [4.69, 9.17) is 9.47 Å². The van der Waals surface area contributed by atoms with Crippen LogP contribution in [-0.2, 0) is 6.54 Å². The lowest BCUT2D eigenvalue weighted by molar-refractivity contribution is 0.0956. The molecule has 27 heavy (non-hydrogen) atoms. The van der Waals surface area contributed by atoms with E-state index in [2.05, 4.69) is 16.0 Å². The van der Waals surface area contributed by atoms with Gasteiger partial charge in [0, 0.05) is 30.4 Å². The van der Waals surface area contributed by atoms with Crippen LogP contribution in [0.15, 0.2) is 36.4 Å². The van der Waals surface area contributed by atoms with Crippen LogP contribution in [0.4, 0.5) is 10.5 Å². The molecule has 0 spiro atoms. The smallest absolute Gasteiger partial charge is 0.319 e. The predicted octanol–water partition coefficient (Wildman–Crippen LogP) is 3.08. The third kappa shape index (κ3) is 5.64. The summed E-state index contributed by atoms with van der Waals surface area (Å²) in [5, 5.41) is 8.31. The van der Waals surface area contributed by atoms with Gasteiger partial charge in [0.1, 0.15) is 11.5 Å². The number of aryl methyl sites for hydroxylation is 1. The van der Waals surface area contributed by atoms with Gasteiger partial charge in [-0.3, -0.25) is 4.79 Å². The maximum atomic E-state index is 12.3. The molecule has 0 saturated heterocycles. The second-order valence-corrected chi connectivity index (χ2v) is 5.92. The van der Waals surface area contributed by atoms with E-state index in [1.54, 1.807) is 38.5 Å². The Balaban J connectivity index is 2.04. The Morgan fingerprint density at radius 2 is 1.63 bits per heavy atom. The van der Waals surface area contributed by atoms with E-state index in [9.17, 15) is 9.59 Å². The zero-order valence-corrected chi connectivity index (χ0v) is 16.0. The largest absolute Gasteiger partial charge is 0.497 e. The molecule has 3 amide bonds. The highest BCUT2D eigenvalue weighted by Gasteiger charge is 2.10. The number of amides is 3. The molecule has 0 saturated carbocycles. The van der Waals surface area contributed by atoms with Gasteiger partial charge in [-0.1, -0.05) is 6.07 Å². The van der Waals surface area contributed by atoms with Crippen LogP contribution < -0.4 is 25.4 Å². The molecule has 0 aliphatic rings. The van der Waals surface area contributed by atoms with Crippen LogP contribution in [0.1, 0.15) is 28.4 Å². The average Bonchev–Trinajstić information content (AvgIpc) is 2.67. The summed E-state index contributed by atoms with van der Waals surface area (Å²) in [5.41, 5.74) is 2.78. The number of carbonyl (C=O) groups excluding carboxylic acids is 2. The normalized spacial score (nSPS) is 10.1. The molecule has 0 unspecified atom stereocenters. The van der Waals surface area contributed by atoms with Crippen molar-refractivity contribution in [2.24, 2.45) is 0 Å². The van der Waals surface area contributed by atoms with Gasteiger partial charge in [0.2, 0.25) is 0 Å². The van der Waals surface area contributed by atoms with Crippen molar-refractivity contribution in [1.29, 1.82) is 0 Å². The van der Waals surface area contributed by atoms with E-state index in [0.29, 0.717) is 35.8 Å². The molecule has 0 heterocycles. The molecule has 144 valence electrons. The minimum Gasteiger partial charge on any atom is -0.497 e. The Kier molecular flexibility index (Phi) is 7.05. The maximum absolute atomic E-state index is 12.3. The highest BCUT2D eigenvalue weighted by Crippen LogP contribution is 2.22. The van der Waals surface area contributed by atoms with Gasteiger partial charge in [-0.15, -0.1) is 0 Å². The van der Waals surface area contributed by atoms with Gasteiger partial charge >= 0.3 is 6.03 Å². The van der Waals surface area contributed by atoms with Crippen LogP contribution in [0.3, 0.4) is 0 Å². The van der Waals surface area contributed by atoms with Crippen molar-refractivity contribution in [2.75, 3.05) is 26.1 Å². The van der Waals surface area contributed by atoms with Crippen LogP contribution in [0.2, 0.25) is 0 Å². The van der Waals surface area contributed by atoms with Crippen LogP contribution in [0.25, 0.3) is 0 Å². The molecule has 2 aromatic rings. The average molecular weight is 371 g/mol. The molecule has 0 aliphatic carbocycles. The molecule has 3 N–H and O–H groups in total. The second kappa shape index (κ2) is 9.47. The quantitative estimate of drug-likeness (QED) is 0.698. The lowest BCUT2D eigenvalue weighted by Gasteiger charge is -2.13. The van der Waals surface area contributed by atoms with E-state index >= 15 is 0 Å². The number of hydrogen-bond donors (Lipinski definition) is 3. The molecule has 7 heteroatoms. The number of anilines is 1. The number of rotatable bonds is 7. The zero-order chi connectivity index (χ0) is 19.8. The molecule has 0 aromatic heterocycles. The van der Waals surface area contributed by atoms with Gasteiger partial charge < -0.3 is 25.4 Å². The van der Waals surface area contributed by atoms with Crippen molar-refractivity contribution in [3.8, 4) is 11.5 Å². The number of benzene rings is 2. The number of methoxy groups -OCH3 is 2. The summed E-state index contributed by atoms with van der Waals surface area (Å²) in [7, 11) is 3.15. The third-order valence-electron chi connectivity index (χ3n) is 3.95. The highest BCUT2D eigenvalue weighted by molar-refractivity contribution is 5.97. The first kappa shape index (κ1) is 20.1. The number of carbonyl (C=O) groups is 2. The van der Waals surface area contributed by atoms with Crippen molar-refractivity contribution in [3.05, 3.63) is 53.1 Å². The lowest BCUT2D eigenvalue weighted by atomic mass is 10.1. The second-order valence-electron chi connectivity index (χ2n) is 5.92. The lowest BCUT2D eigenvalue weighted by Crippen LogP contribution is -2.29. The summed E-state index contributed by atoms with van der Waals surface area (Å²) in [6.07, 6.45) is 0. The van der Waals surface area contributed by atoms with E-state index < -0.39 is 0 Å². The van der Waals surface area contributed by atoms with Crippen molar-refractivity contribution >= 4 is 17.6 Å². The Labute approximate surface area is 159 Å². The summed E-state index contributed by atoms with van der Waals surface area (Å²) in [6.45, 7) is 4.56. The molecular weight excluding hydrogens is 346 g/mol. The van der Waals surface area contributed by atoms with E-state index in [1.807, 2.05) is 26.0 Å². The molecule has 0 aliphatic heterocycles. The minimum absolute atomic E-state index is 0.176. The zero-order valence-electron chi connectivity index (χ0n) is 16.0. The van der Waals surface area contributed by atoms with Crippen molar-refractivity contribution in [2.45, 2.75) is 20.4 Å². The third-order valence-corrected chi connectivity index (χ3v) is 3.95. The summed E-state index contributed by atoms with van der Waals surface area (Å²) >= 11 is 0. The first-order valence-electron chi connectivity index (χ1n) is 8.62. The summed E-state index contributed by atoms with van der Waals surface area (Å²) in [6, 6.07) is 10.2. The number of hydrogen-bond acceptors (Lipinski definition) is 4. The maximum Gasteiger partial charge on any atom is 0.319 e. The standard InChI is InChI=1S/C20H25N3O4/c1-5-21-19(24)15-7-6-13(2)18(10-15)23-20(25)22-12-14-8-16(26-3)11-17(9-14)27-4/h6-11H,5,12H2,1-4H3,(H,21,24)(H2,22,23,25). The van der Waals surface area contributed by atoms with Gasteiger partial charge in [-0.05, 0) is 49.2 Å². The SMILES string of the molecule is CCNC(=O)c1ccc(C)c(NC(=O)NCc2cc(OC)cc(OC)c2)c1. The Bertz CT molecular complexity index is 799. The number of ether oxygens (including phenoxy) is 2. The minimum atomic E-state index is -0.368. The first-order valence-corrected chi connectivity index (χ1v) is 8.62. The molecule has 2 rings (SSSR count). The van der Waals surface area contributed by atoms with E-state index in [-0.39, 0.29) is 11.9 Å². The summed E-state index contributed by atoms with van der Waals surface area (Å²) in [5.74, 6) is 1.12. The number of nitrogens with one attached hydrogen (secondary N) is 3. The topological polar surface area (TPSA) is 88.7 Å². The monoisotopic (exact) mass is 371 g/mol. The Hall–Kier alpha value is -3.22. The molecule has 0 fully saturated rings. The van der Waals surface area contributed by atoms with Crippen molar-refractivity contribution in [3.63, 3.8) is 0 Å². The number of urea groups is 1. The highest BCUT2D eigenvalue weighted by atomic mass is 16.5. The molecule has 7 nitrogen and oxygen atoms in total. The van der Waals surface area contributed by atoms with Crippen LogP contribution >= 0.6 is 0 Å². The fraction of sp³-hybridized carbons (Fsp3) is 0.300. The van der Waals surface area contributed by atoms with Gasteiger partial charge in [0.25, 0.3) is 5.91 Å². The summed E-state index contributed by atoms with van der Waals surface area (Å²) < 4.78 is 10.4. The van der Waals surface area contributed by atoms with Gasteiger partial charge in [0.05, 0.1) is 14.2 Å². The van der Waals surface area contributed by atoms with Gasteiger partial charge in [0.15, 0.2) is 0 Å². The molecule has 0 atom stereocenters. The van der Waals surface area contributed by atoms with Gasteiger partial charge in [-0.2, -0.15) is 0 Å². The van der Waals surface area contributed by atoms with E-state index in [1.165, 1.54) is 0 Å². The van der Waals surface area contributed by atoms with Crippen LogP contribution in [-0.4, -0.2) is 32.7 Å². The van der Waals surface area contributed by atoms with Crippen molar-refractivity contribution in [1.82, 2.24) is 10.6 Å². The fourth-order valence-corrected chi connectivity index (χ4v) is 2.48. The van der Waals surface area contributed by atoms with Gasteiger partial charge in [-0.25, -0.2) is 4.79 Å². The predicted molar refractivity (Wildman–Crippen MR) is 105 cm³/mol. The summed E-state index contributed by atoms with van der Waals surface area (Å²) in [4.78, 5) is 24.2. The van der Waals surface area contributed by atoms with E-state index in [0.717, 1.165) is 11.1 Å². The van der Waals surface area contributed by atoms with Crippen molar-refractivity contribution < 1.29 is 19.1 Å². The molecule has 2 aromatic carbocycles. The molecular formula is C20H25N3O4. The Morgan fingerprint density at radius 1 is 0.963 bits per heavy atom.